The number of alkyl halides is 3. The molecule has 0 saturated heterocycles. The van der Waals surface area contributed by atoms with Crippen molar-refractivity contribution in [3.63, 3.8) is 0 Å². The predicted molar refractivity (Wildman–Crippen MR) is 64.5 cm³/mol. The van der Waals surface area contributed by atoms with Crippen molar-refractivity contribution in [2.24, 2.45) is 0 Å². The van der Waals surface area contributed by atoms with Gasteiger partial charge < -0.3 is 10.4 Å². The Kier molecular flexibility index (Phi) is 5.82. The van der Waals surface area contributed by atoms with Crippen LogP contribution >= 0.6 is 0 Å². The molecular formula is C13H16F3NO2. The van der Waals surface area contributed by atoms with Crippen LogP contribution in [0, 0.1) is 0 Å². The van der Waals surface area contributed by atoms with Gasteiger partial charge >= 0.3 is 6.18 Å². The zero-order valence-corrected chi connectivity index (χ0v) is 10.3. The second kappa shape index (κ2) is 7.13. The van der Waals surface area contributed by atoms with Crippen LogP contribution in [0.5, 0.6) is 0 Å². The summed E-state index contributed by atoms with van der Waals surface area (Å²) >= 11 is 0. The van der Waals surface area contributed by atoms with Gasteiger partial charge in [-0.3, -0.25) is 4.79 Å². The van der Waals surface area contributed by atoms with Crippen molar-refractivity contribution in [1.29, 1.82) is 0 Å². The summed E-state index contributed by atoms with van der Waals surface area (Å²) in [7, 11) is 0. The molecule has 106 valence electrons. The van der Waals surface area contributed by atoms with Gasteiger partial charge in [0.05, 0.1) is 5.56 Å². The summed E-state index contributed by atoms with van der Waals surface area (Å²) in [6, 6.07) is 5.32. The summed E-state index contributed by atoms with van der Waals surface area (Å²) in [4.78, 5) is 11.2. The van der Waals surface area contributed by atoms with Gasteiger partial charge in [0.25, 0.3) is 0 Å². The average molecular weight is 275 g/mol. The van der Waals surface area contributed by atoms with Crippen LogP contribution in [0.15, 0.2) is 24.3 Å². The second-order valence-electron chi connectivity index (χ2n) is 4.08. The molecule has 1 aromatic carbocycles. The molecule has 1 amide bonds. The smallest absolute Gasteiger partial charge is 0.396 e. The lowest BCUT2D eigenvalue weighted by Crippen LogP contribution is -2.26. The van der Waals surface area contributed by atoms with E-state index in [1.165, 1.54) is 18.2 Å². The molecule has 0 saturated carbocycles. The first-order valence-corrected chi connectivity index (χ1v) is 5.98. The highest BCUT2D eigenvalue weighted by molar-refractivity contribution is 5.75. The van der Waals surface area contributed by atoms with Crippen LogP contribution in [-0.4, -0.2) is 24.2 Å². The van der Waals surface area contributed by atoms with Crippen molar-refractivity contribution in [2.75, 3.05) is 13.2 Å². The third-order valence-electron chi connectivity index (χ3n) is 2.60. The van der Waals surface area contributed by atoms with E-state index in [2.05, 4.69) is 5.32 Å². The molecule has 0 unspecified atom stereocenters. The fraction of sp³-hybridized carbons (Fsp3) is 0.462. The number of halogens is 3. The van der Waals surface area contributed by atoms with Gasteiger partial charge in [-0.2, -0.15) is 13.2 Å². The summed E-state index contributed by atoms with van der Waals surface area (Å²) in [6.45, 7) is 0.0711. The molecule has 19 heavy (non-hydrogen) atoms. The number of rotatable bonds is 6. The van der Waals surface area contributed by atoms with E-state index in [4.69, 9.17) is 5.11 Å². The largest absolute Gasteiger partial charge is 0.416 e. The highest BCUT2D eigenvalue weighted by atomic mass is 19.4. The molecule has 0 fully saturated rings. The van der Waals surface area contributed by atoms with Gasteiger partial charge in [-0.1, -0.05) is 18.2 Å². The number of nitrogens with one attached hydrogen (secondary N) is 1. The number of hydrogen-bond acceptors (Lipinski definition) is 2. The Hall–Kier alpha value is -1.56. The molecule has 0 aliphatic rings. The predicted octanol–water partition coefficient (Wildman–Crippen LogP) is 2.14. The third-order valence-corrected chi connectivity index (χ3v) is 2.60. The van der Waals surface area contributed by atoms with E-state index in [1.807, 2.05) is 0 Å². The Morgan fingerprint density at radius 2 is 1.95 bits per heavy atom. The minimum absolute atomic E-state index is 0.0790. The van der Waals surface area contributed by atoms with Gasteiger partial charge in [-0.15, -0.1) is 0 Å². The number of benzene rings is 1. The maximum atomic E-state index is 12.7. The molecule has 0 aliphatic carbocycles. The zero-order chi connectivity index (χ0) is 14.3. The van der Waals surface area contributed by atoms with Crippen LogP contribution in [0.4, 0.5) is 13.2 Å². The molecule has 6 heteroatoms. The Bertz CT molecular complexity index is 419. The average Bonchev–Trinajstić information content (AvgIpc) is 2.35. The van der Waals surface area contributed by atoms with Gasteiger partial charge in [-0.25, -0.2) is 0 Å². The molecule has 0 aromatic heterocycles. The summed E-state index contributed by atoms with van der Waals surface area (Å²) < 4.78 is 38.1. The Morgan fingerprint density at radius 1 is 1.26 bits per heavy atom. The lowest BCUT2D eigenvalue weighted by molar-refractivity contribution is -0.138. The summed E-state index contributed by atoms with van der Waals surface area (Å²) in [5.74, 6) is -0.265. The van der Waals surface area contributed by atoms with E-state index in [0.717, 1.165) is 6.07 Å². The van der Waals surface area contributed by atoms with Crippen molar-refractivity contribution in [1.82, 2.24) is 5.32 Å². The van der Waals surface area contributed by atoms with Crippen molar-refractivity contribution < 1.29 is 23.1 Å². The van der Waals surface area contributed by atoms with Crippen LogP contribution in [0.1, 0.15) is 24.0 Å². The molecule has 3 nitrogen and oxygen atoms in total. The highest BCUT2D eigenvalue weighted by Gasteiger charge is 2.32. The molecule has 1 rings (SSSR count). The van der Waals surface area contributed by atoms with Crippen molar-refractivity contribution >= 4 is 5.91 Å². The van der Waals surface area contributed by atoms with E-state index in [9.17, 15) is 18.0 Å². The Labute approximate surface area is 109 Å². The fourth-order valence-electron chi connectivity index (χ4n) is 1.68. The lowest BCUT2D eigenvalue weighted by atomic mass is 10.0. The number of carbonyl (C=O) groups is 1. The number of hydrogen-bond donors (Lipinski definition) is 2. The van der Waals surface area contributed by atoms with Gasteiger partial charge in [-0.05, 0) is 24.5 Å². The fourth-order valence-corrected chi connectivity index (χ4v) is 1.68. The van der Waals surface area contributed by atoms with Crippen LogP contribution in [0.3, 0.4) is 0 Å². The molecule has 0 bridgehead atoms. The summed E-state index contributed by atoms with van der Waals surface area (Å²) in [6.07, 6.45) is -3.72. The number of aliphatic hydroxyl groups excluding tert-OH is 1. The van der Waals surface area contributed by atoms with Gasteiger partial charge in [0.15, 0.2) is 0 Å². The first-order chi connectivity index (χ1) is 8.95. The maximum absolute atomic E-state index is 12.7. The number of aliphatic hydroxyl groups is 1. The molecule has 0 aliphatic heterocycles. The molecule has 0 radical (unpaired) electrons. The minimum atomic E-state index is -4.38. The van der Waals surface area contributed by atoms with Crippen LogP contribution in [-0.2, 0) is 17.4 Å². The lowest BCUT2D eigenvalue weighted by Gasteiger charge is -2.12. The maximum Gasteiger partial charge on any atom is 0.416 e. The topological polar surface area (TPSA) is 49.3 Å². The molecule has 2 N–H and O–H groups in total. The van der Waals surface area contributed by atoms with Gasteiger partial charge in [0, 0.05) is 19.6 Å². The Balaban J connectivity index is 2.52. The quantitative estimate of drug-likeness (QED) is 0.835. The van der Waals surface area contributed by atoms with E-state index >= 15 is 0 Å². The SMILES string of the molecule is O=C(CCCO)NCCc1ccccc1C(F)(F)F. The molecule has 0 spiro atoms. The van der Waals surface area contributed by atoms with E-state index in [0.29, 0.717) is 6.42 Å². The second-order valence-corrected chi connectivity index (χ2v) is 4.08. The van der Waals surface area contributed by atoms with Crippen LogP contribution in [0.25, 0.3) is 0 Å². The number of amides is 1. The van der Waals surface area contributed by atoms with Crippen molar-refractivity contribution in [3.05, 3.63) is 35.4 Å². The standard InChI is InChI=1S/C13H16F3NO2/c14-13(15,16)11-5-2-1-4-10(11)7-8-17-12(19)6-3-9-18/h1-2,4-5,18H,3,6-9H2,(H,17,19). The zero-order valence-electron chi connectivity index (χ0n) is 10.3. The van der Waals surface area contributed by atoms with Crippen molar-refractivity contribution in [2.45, 2.75) is 25.4 Å². The summed E-state index contributed by atoms with van der Waals surface area (Å²) in [5.41, 5.74) is -0.503. The third kappa shape index (κ3) is 5.30. The first kappa shape index (κ1) is 15.5. The highest BCUT2D eigenvalue weighted by Crippen LogP contribution is 2.31. The molecular weight excluding hydrogens is 259 g/mol. The van der Waals surface area contributed by atoms with Gasteiger partial charge in [0.1, 0.15) is 0 Å². The molecule has 0 atom stereocenters. The normalized spacial score (nSPS) is 11.4. The van der Waals surface area contributed by atoms with E-state index < -0.39 is 11.7 Å². The van der Waals surface area contributed by atoms with E-state index in [-0.39, 0.29) is 37.5 Å². The van der Waals surface area contributed by atoms with E-state index in [1.54, 1.807) is 0 Å². The molecule has 1 aromatic rings. The summed E-state index contributed by atoms with van der Waals surface area (Å²) in [5, 5.41) is 11.1. The van der Waals surface area contributed by atoms with Crippen LogP contribution < -0.4 is 5.32 Å². The van der Waals surface area contributed by atoms with Gasteiger partial charge in [0.2, 0.25) is 5.91 Å². The van der Waals surface area contributed by atoms with Crippen LogP contribution in [0.2, 0.25) is 0 Å². The molecule has 0 heterocycles. The minimum Gasteiger partial charge on any atom is -0.396 e. The monoisotopic (exact) mass is 275 g/mol. The van der Waals surface area contributed by atoms with Crippen molar-refractivity contribution in [3.8, 4) is 0 Å². The first-order valence-electron chi connectivity index (χ1n) is 5.98. The number of carbonyl (C=O) groups excluding carboxylic acids is 1. The Morgan fingerprint density at radius 3 is 2.58 bits per heavy atom.